The fourth-order valence-electron chi connectivity index (χ4n) is 1.61. The predicted octanol–water partition coefficient (Wildman–Crippen LogP) is 3.83. The lowest BCUT2D eigenvalue weighted by Crippen LogP contribution is -2.06. The minimum Gasteiger partial charge on any atom is -0.461 e. The van der Waals surface area contributed by atoms with E-state index in [4.69, 9.17) is 4.74 Å². The van der Waals surface area contributed by atoms with Crippen LogP contribution in [0.5, 0.6) is 0 Å². The largest absolute Gasteiger partial charge is 0.461 e. The molecule has 1 aromatic carbocycles. The highest BCUT2D eigenvalue weighted by Crippen LogP contribution is 2.36. The molecule has 1 aromatic heterocycles. The second-order valence-corrected chi connectivity index (χ2v) is 5.46. The molecule has 4 nitrogen and oxygen atoms in total. The third-order valence-corrected chi connectivity index (χ3v) is 4.18. The second kappa shape index (κ2) is 6.38. The number of esters is 1. The summed E-state index contributed by atoms with van der Waals surface area (Å²) in [5.74, 6) is -0.816. The molecule has 0 saturated heterocycles. The number of hydrogen-bond acceptors (Lipinski definition) is 4. The van der Waals surface area contributed by atoms with Crippen LogP contribution < -0.4 is 0 Å². The molecule has 0 radical (unpaired) electrons. The zero-order valence-corrected chi connectivity index (χ0v) is 12.9. The van der Waals surface area contributed by atoms with E-state index >= 15 is 0 Å². The number of aromatic amines is 1. The van der Waals surface area contributed by atoms with Gasteiger partial charge in [0.25, 0.3) is 0 Å². The molecule has 0 fully saturated rings. The van der Waals surface area contributed by atoms with Gasteiger partial charge in [-0.3, -0.25) is 5.10 Å². The van der Waals surface area contributed by atoms with Crippen molar-refractivity contribution in [2.75, 3.05) is 6.61 Å². The highest BCUT2D eigenvalue weighted by molar-refractivity contribution is 14.2. The van der Waals surface area contributed by atoms with Gasteiger partial charge in [0.1, 0.15) is 10.8 Å². The maximum atomic E-state index is 13.0. The predicted molar refractivity (Wildman–Crippen MR) is 79.8 cm³/mol. The molecule has 2 rings (SSSR count). The van der Waals surface area contributed by atoms with E-state index in [2.05, 4.69) is 31.4 Å². The lowest BCUT2D eigenvalue weighted by molar-refractivity contribution is 0.0520. The van der Waals surface area contributed by atoms with Gasteiger partial charge in [-0.05, 0) is 33.6 Å². The van der Waals surface area contributed by atoms with Crippen LogP contribution in [0.1, 0.15) is 17.4 Å². The Balaban J connectivity index is 2.50. The molecule has 0 aliphatic carbocycles. The van der Waals surface area contributed by atoms with Crippen molar-refractivity contribution in [2.24, 2.45) is 0 Å². The highest BCUT2D eigenvalue weighted by Gasteiger charge is 2.22. The van der Waals surface area contributed by atoms with Crippen LogP contribution in [0.4, 0.5) is 4.39 Å². The molecule has 0 atom stereocenters. The van der Waals surface area contributed by atoms with Crippen molar-refractivity contribution in [2.45, 2.75) is 11.9 Å². The van der Waals surface area contributed by atoms with Crippen molar-refractivity contribution in [3.8, 4) is 11.1 Å². The molecular weight excluding hydrogens is 382 g/mol. The van der Waals surface area contributed by atoms with Gasteiger partial charge in [0.15, 0.2) is 5.69 Å². The first kappa shape index (κ1) is 14.3. The Morgan fingerprint density at radius 3 is 2.74 bits per heavy atom. The standard InChI is InChI=1S/C12H10FIN2O2S/c1-2-18-12(17)10-9(11(19-14)16-15-10)7-3-5-8(13)6-4-7/h3-6H,2H2,1H3,(H,15,16). The molecule has 2 aromatic rings. The Morgan fingerprint density at radius 2 is 2.16 bits per heavy atom. The quantitative estimate of drug-likeness (QED) is 0.635. The Hall–Kier alpha value is -1.09. The van der Waals surface area contributed by atoms with E-state index in [0.717, 1.165) is 10.6 Å². The second-order valence-electron chi connectivity index (χ2n) is 3.58. The summed E-state index contributed by atoms with van der Waals surface area (Å²) in [6.45, 7) is 2.01. The van der Waals surface area contributed by atoms with Crippen LogP contribution in [0.3, 0.4) is 0 Å². The number of H-pyrrole nitrogens is 1. The van der Waals surface area contributed by atoms with Crippen LogP contribution in [0.2, 0.25) is 0 Å². The van der Waals surface area contributed by atoms with Gasteiger partial charge in [0, 0.05) is 26.8 Å². The van der Waals surface area contributed by atoms with Gasteiger partial charge >= 0.3 is 5.97 Å². The third-order valence-electron chi connectivity index (χ3n) is 2.41. The zero-order chi connectivity index (χ0) is 13.8. The van der Waals surface area contributed by atoms with Gasteiger partial charge in [-0.15, -0.1) is 0 Å². The van der Waals surface area contributed by atoms with Gasteiger partial charge in [0.05, 0.1) is 6.61 Å². The molecule has 0 aliphatic rings. The number of hydrogen-bond donors (Lipinski definition) is 1. The molecule has 1 heterocycles. The van der Waals surface area contributed by atoms with Crippen LogP contribution in [0.15, 0.2) is 29.3 Å². The maximum Gasteiger partial charge on any atom is 0.359 e. The Morgan fingerprint density at radius 1 is 1.47 bits per heavy atom. The summed E-state index contributed by atoms with van der Waals surface area (Å²) in [7, 11) is 1.40. The van der Waals surface area contributed by atoms with Crippen LogP contribution >= 0.6 is 30.1 Å². The first-order valence-corrected chi connectivity index (χ1v) is 8.83. The maximum absolute atomic E-state index is 13.0. The number of aromatic nitrogens is 2. The topological polar surface area (TPSA) is 55.0 Å². The Labute approximate surface area is 125 Å². The summed E-state index contributed by atoms with van der Waals surface area (Å²) >= 11 is 2.09. The number of halogens is 2. The normalized spacial score (nSPS) is 10.5. The summed E-state index contributed by atoms with van der Waals surface area (Å²) in [5, 5.41) is 7.50. The van der Waals surface area contributed by atoms with Gasteiger partial charge in [-0.1, -0.05) is 12.1 Å². The number of ether oxygens (including phenoxy) is 1. The summed E-state index contributed by atoms with van der Waals surface area (Å²) in [6, 6.07) is 5.91. The van der Waals surface area contributed by atoms with E-state index in [1.54, 1.807) is 19.1 Å². The highest BCUT2D eigenvalue weighted by atomic mass is 127. The fraction of sp³-hybridized carbons (Fsp3) is 0.167. The molecule has 0 bridgehead atoms. The minimum atomic E-state index is -0.491. The van der Waals surface area contributed by atoms with E-state index in [9.17, 15) is 9.18 Å². The molecule has 0 unspecified atom stereocenters. The fourth-order valence-corrected chi connectivity index (χ4v) is 2.94. The molecule has 7 heteroatoms. The Kier molecular flexibility index (Phi) is 4.81. The smallest absolute Gasteiger partial charge is 0.359 e. The van der Waals surface area contributed by atoms with Crippen molar-refractivity contribution in [3.05, 3.63) is 35.8 Å². The van der Waals surface area contributed by atoms with Crippen LogP contribution in [-0.2, 0) is 4.74 Å². The molecule has 0 amide bonds. The lowest BCUT2D eigenvalue weighted by atomic mass is 10.1. The van der Waals surface area contributed by atoms with E-state index in [-0.39, 0.29) is 18.1 Å². The monoisotopic (exact) mass is 392 g/mol. The van der Waals surface area contributed by atoms with Gasteiger partial charge in [-0.25, -0.2) is 9.18 Å². The van der Waals surface area contributed by atoms with Crippen molar-refractivity contribution < 1.29 is 13.9 Å². The molecule has 100 valence electrons. The summed E-state index contributed by atoms with van der Waals surface area (Å²) in [4.78, 5) is 11.8. The first-order chi connectivity index (χ1) is 9.17. The summed E-state index contributed by atoms with van der Waals surface area (Å²) in [6.07, 6.45) is 0. The van der Waals surface area contributed by atoms with Crippen molar-refractivity contribution in [1.29, 1.82) is 0 Å². The molecule has 0 spiro atoms. The van der Waals surface area contributed by atoms with E-state index in [1.165, 1.54) is 21.1 Å². The van der Waals surface area contributed by atoms with Gasteiger partial charge in [0.2, 0.25) is 0 Å². The molecule has 19 heavy (non-hydrogen) atoms. The minimum absolute atomic E-state index is 0.215. The van der Waals surface area contributed by atoms with E-state index < -0.39 is 5.97 Å². The number of benzene rings is 1. The number of rotatable bonds is 4. The molecule has 1 N–H and O–H groups in total. The number of carbonyl (C=O) groups excluding carboxylic acids is 1. The number of carbonyl (C=O) groups is 1. The summed E-state index contributed by atoms with van der Waals surface area (Å²) < 4.78 is 17.9. The van der Waals surface area contributed by atoms with E-state index in [1.807, 2.05) is 0 Å². The van der Waals surface area contributed by atoms with Crippen LogP contribution in [0, 0.1) is 5.82 Å². The average molecular weight is 392 g/mol. The van der Waals surface area contributed by atoms with Gasteiger partial charge in [-0.2, -0.15) is 5.10 Å². The van der Waals surface area contributed by atoms with Crippen LogP contribution in [0.25, 0.3) is 11.1 Å². The van der Waals surface area contributed by atoms with Gasteiger partial charge < -0.3 is 4.74 Å². The van der Waals surface area contributed by atoms with E-state index in [0.29, 0.717) is 5.56 Å². The van der Waals surface area contributed by atoms with Crippen molar-refractivity contribution in [1.82, 2.24) is 10.2 Å². The number of nitrogens with zero attached hydrogens (tertiary/aromatic N) is 1. The average Bonchev–Trinajstić information content (AvgIpc) is 2.83. The first-order valence-electron chi connectivity index (χ1n) is 5.47. The molecular formula is C12H10FIN2O2S. The molecule has 0 aliphatic heterocycles. The van der Waals surface area contributed by atoms with Crippen molar-refractivity contribution >= 4 is 36.1 Å². The summed E-state index contributed by atoms with van der Waals surface area (Å²) in [5.41, 5.74) is 1.57. The number of nitrogens with one attached hydrogen (secondary N) is 1. The van der Waals surface area contributed by atoms with Crippen molar-refractivity contribution in [3.63, 3.8) is 0 Å². The zero-order valence-electron chi connectivity index (χ0n) is 9.94. The lowest BCUT2D eigenvalue weighted by Gasteiger charge is -2.04. The SMILES string of the molecule is CCOC(=O)c1n[nH]c(SI)c1-c1ccc(F)cc1. The third kappa shape index (κ3) is 3.08. The Bertz CT molecular complexity index is 586. The van der Waals surface area contributed by atoms with Crippen LogP contribution in [-0.4, -0.2) is 22.8 Å². The molecule has 0 saturated carbocycles.